The Labute approximate surface area is 93.1 Å². The highest BCUT2D eigenvalue weighted by molar-refractivity contribution is 5.96. The Bertz CT molecular complexity index is 443. The molecule has 0 aliphatic carbocycles. The third-order valence-electron chi connectivity index (χ3n) is 1.86. The van der Waals surface area contributed by atoms with Crippen molar-refractivity contribution in [3.63, 3.8) is 0 Å². The molecule has 0 radical (unpaired) electrons. The first kappa shape index (κ1) is 11.6. The number of carbonyl (C=O) groups excluding carboxylic acids is 1. The van der Waals surface area contributed by atoms with E-state index >= 15 is 0 Å². The molecule has 0 unspecified atom stereocenters. The van der Waals surface area contributed by atoms with Gasteiger partial charge >= 0.3 is 0 Å². The maximum absolute atomic E-state index is 10.7. The number of nitrogens with zero attached hydrogens (tertiary/aromatic N) is 1. The first-order chi connectivity index (χ1) is 7.67. The van der Waals surface area contributed by atoms with Crippen molar-refractivity contribution >= 4 is 11.6 Å². The van der Waals surface area contributed by atoms with Crippen LogP contribution >= 0.6 is 0 Å². The number of anilines is 1. The summed E-state index contributed by atoms with van der Waals surface area (Å²) in [5.74, 6) is -0.0338. The molecule has 5 heteroatoms. The van der Waals surface area contributed by atoms with E-state index in [0.717, 1.165) is 11.4 Å². The highest BCUT2D eigenvalue weighted by atomic mass is 16.5. The normalized spacial score (nSPS) is 10.4. The number of primary amides is 1. The fraction of sp³-hybridized carbons (Fsp3) is 0.0909. The van der Waals surface area contributed by atoms with Crippen molar-refractivity contribution in [1.29, 1.82) is 5.26 Å². The maximum atomic E-state index is 10.7. The van der Waals surface area contributed by atoms with Gasteiger partial charge in [0.15, 0.2) is 0 Å². The summed E-state index contributed by atoms with van der Waals surface area (Å²) in [6.45, 7) is 0. The molecule has 1 aromatic carbocycles. The summed E-state index contributed by atoms with van der Waals surface area (Å²) in [6, 6.07) is 8.72. The van der Waals surface area contributed by atoms with Crippen molar-refractivity contribution in [2.24, 2.45) is 5.73 Å². The van der Waals surface area contributed by atoms with E-state index in [9.17, 15) is 4.79 Å². The third-order valence-corrected chi connectivity index (χ3v) is 1.86. The van der Waals surface area contributed by atoms with Crippen LogP contribution in [0.4, 0.5) is 5.69 Å². The molecule has 16 heavy (non-hydrogen) atoms. The van der Waals surface area contributed by atoms with Crippen molar-refractivity contribution in [3.05, 3.63) is 36.0 Å². The van der Waals surface area contributed by atoms with E-state index in [0.29, 0.717) is 0 Å². The van der Waals surface area contributed by atoms with Gasteiger partial charge in [-0.1, -0.05) is 0 Å². The van der Waals surface area contributed by atoms with Crippen molar-refractivity contribution in [3.8, 4) is 11.8 Å². The van der Waals surface area contributed by atoms with Crippen LogP contribution in [0.3, 0.4) is 0 Å². The van der Waals surface area contributed by atoms with Gasteiger partial charge in [-0.2, -0.15) is 5.26 Å². The van der Waals surface area contributed by atoms with Gasteiger partial charge in [-0.25, -0.2) is 0 Å². The zero-order chi connectivity index (χ0) is 12.0. The minimum atomic E-state index is -0.761. The van der Waals surface area contributed by atoms with Crippen LogP contribution in [0.25, 0.3) is 0 Å². The SMILES string of the molecule is COc1ccc(N/C=C(/C#N)C(N)=O)cc1. The van der Waals surface area contributed by atoms with Crippen LogP contribution in [0, 0.1) is 11.3 Å². The molecule has 1 amide bonds. The lowest BCUT2D eigenvalue weighted by atomic mass is 10.3. The number of ether oxygens (including phenoxy) is 1. The summed E-state index contributed by atoms with van der Waals surface area (Å²) < 4.78 is 4.98. The van der Waals surface area contributed by atoms with Crippen LogP contribution in [0.2, 0.25) is 0 Å². The molecule has 0 saturated heterocycles. The quantitative estimate of drug-likeness (QED) is 0.581. The lowest BCUT2D eigenvalue weighted by Gasteiger charge is -2.03. The van der Waals surface area contributed by atoms with Gasteiger partial charge < -0.3 is 15.8 Å². The maximum Gasteiger partial charge on any atom is 0.260 e. The smallest absolute Gasteiger partial charge is 0.260 e. The van der Waals surface area contributed by atoms with Gasteiger partial charge in [0.25, 0.3) is 5.91 Å². The van der Waals surface area contributed by atoms with E-state index in [1.807, 2.05) is 0 Å². The van der Waals surface area contributed by atoms with Crippen LogP contribution in [-0.4, -0.2) is 13.0 Å². The highest BCUT2D eigenvalue weighted by Gasteiger charge is 2.01. The molecule has 5 nitrogen and oxygen atoms in total. The number of nitrogens with one attached hydrogen (secondary N) is 1. The molecule has 0 atom stereocenters. The summed E-state index contributed by atoms with van der Waals surface area (Å²) in [6.07, 6.45) is 1.27. The first-order valence-corrected chi connectivity index (χ1v) is 4.48. The van der Waals surface area contributed by atoms with Gasteiger partial charge in [0.2, 0.25) is 0 Å². The van der Waals surface area contributed by atoms with Crippen molar-refractivity contribution in [2.75, 3.05) is 12.4 Å². The molecule has 0 aliphatic heterocycles. The van der Waals surface area contributed by atoms with Crippen LogP contribution in [-0.2, 0) is 4.79 Å². The molecule has 1 aromatic rings. The van der Waals surface area contributed by atoms with E-state index in [1.54, 1.807) is 37.4 Å². The minimum Gasteiger partial charge on any atom is -0.497 e. The molecule has 0 heterocycles. The average molecular weight is 217 g/mol. The van der Waals surface area contributed by atoms with Crippen molar-refractivity contribution < 1.29 is 9.53 Å². The van der Waals surface area contributed by atoms with Gasteiger partial charge in [-0.15, -0.1) is 0 Å². The summed E-state index contributed by atoms with van der Waals surface area (Å²) in [7, 11) is 1.57. The second-order valence-corrected chi connectivity index (χ2v) is 2.91. The lowest BCUT2D eigenvalue weighted by molar-refractivity contribution is -0.114. The molecular weight excluding hydrogens is 206 g/mol. The summed E-state index contributed by atoms with van der Waals surface area (Å²) >= 11 is 0. The van der Waals surface area contributed by atoms with Gasteiger partial charge in [-0.3, -0.25) is 4.79 Å². The standard InChI is InChI=1S/C11H11N3O2/c1-16-10-4-2-9(3-5-10)14-7-8(6-12)11(13)15/h2-5,7,14H,1H3,(H2,13,15)/b8-7-. The number of nitrogens with two attached hydrogens (primary N) is 1. The average Bonchev–Trinajstić information content (AvgIpc) is 2.30. The van der Waals surface area contributed by atoms with Crippen LogP contribution in [0.5, 0.6) is 5.75 Å². The number of benzene rings is 1. The fourth-order valence-electron chi connectivity index (χ4n) is 1.00. The first-order valence-electron chi connectivity index (χ1n) is 4.48. The van der Waals surface area contributed by atoms with E-state index in [4.69, 9.17) is 15.7 Å². The van der Waals surface area contributed by atoms with E-state index < -0.39 is 5.91 Å². The molecule has 0 aromatic heterocycles. The summed E-state index contributed by atoms with van der Waals surface area (Å²) in [5.41, 5.74) is 5.57. The number of carbonyl (C=O) groups is 1. The highest BCUT2D eigenvalue weighted by Crippen LogP contribution is 2.15. The zero-order valence-corrected chi connectivity index (χ0v) is 8.73. The number of rotatable bonds is 4. The topological polar surface area (TPSA) is 88.1 Å². The second-order valence-electron chi connectivity index (χ2n) is 2.91. The van der Waals surface area contributed by atoms with Gasteiger partial charge in [0, 0.05) is 11.9 Å². The molecule has 0 fully saturated rings. The lowest BCUT2D eigenvalue weighted by Crippen LogP contribution is -2.13. The number of hydrogen-bond acceptors (Lipinski definition) is 4. The number of nitriles is 1. The van der Waals surface area contributed by atoms with Gasteiger partial charge in [-0.05, 0) is 24.3 Å². The molecular formula is C11H11N3O2. The largest absolute Gasteiger partial charge is 0.497 e. The Balaban J connectivity index is 2.74. The number of methoxy groups -OCH3 is 1. The number of amides is 1. The number of hydrogen-bond donors (Lipinski definition) is 2. The Morgan fingerprint density at radius 2 is 2.12 bits per heavy atom. The molecule has 0 saturated carbocycles. The summed E-state index contributed by atoms with van der Waals surface area (Å²) in [4.78, 5) is 10.7. The van der Waals surface area contributed by atoms with Crippen LogP contribution in [0.15, 0.2) is 36.0 Å². The van der Waals surface area contributed by atoms with Crippen LogP contribution < -0.4 is 15.8 Å². The van der Waals surface area contributed by atoms with Crippen LogP contribution in [0.1, 0.15) is 0 Å². The minimum absolute atomic E-state index is 0.129. The van der Waals surface area contributed by atoms with Crippen molar-refractivity contribution in [2.45, 2.75) is 0 Å². The molecule has 3 N–H and O–H groups in total. The molecule has 0 bridgehead atoms. The van der Waals surface area contributed by atoms with Gasteiger partial charge in [0.1, 0.15) is 17.4 Å². The second kappa shape index (κ2) is 5.41. The molecule has 0 spiro atoms. The van der Waals surface area contributed by atoms with E-state index in [-0.39, 0.29) is 5.57 Å². The molecule has 0 aliphatic rings. The Morgan fingerprint density at radius 3 is 2.56 bits per heavy atom. The summed E-state index contributed by atoms with van der Waals surface area (Å²) in [5, 5.41) is 11.4. The Kier molecular flexibility index (Phi) is 3.92. The Hall–Kier alpha value is -2.48. The molecule has 1 rings (SSSR count). The Morgan fingerprint density at radius 1 is 1.50 bits per heavy atom. The van der Waals surface area contributed by atoms with E-state index in [2.05, 4.69) is 5.32 Å². The fourth-order valence-corrected chi connectivity index (χ4v) is 1.00. The van der Waals surface area contributed by atoms with E-state index in [1.165, 1.54) is 6.20 Å². The monoisotopic (exact) mass is 217 g/mol. The predicted molar refractivity (Wildman–Crippen MR) is 59.5 cm³/mol. The molecule has 82 valence electrons. The van der Waals surface area contributed by atoms with Gasteiger partial charge in [0.05, 0.1) is 7.11 Å². The predicted octanol–water partition coefficient (Wildman–Crippen LogP) is 1.000. The zero-order valence-electron chi connectivity index (χ0n) is 8.73. The third kappa shape index (κ3) is 3.03. The van der Waals surface area contributed by atoms with Crippen molar-refractivity contribution in [1.82, 2.24) is 0 Å².